The number of carboxylic acids is 1. The maximum absolute atomic E-state index is 11.8. The summed E-state index contributed by atoms with van der Waals surface area (Å²) in [5, 5.41) is 16.0. The predicted octanol–water partition coefficient (Wildman–Crippen LogP) is 0.729. The molecule has 0 aliphatic rings. The second kappa shape index (κ2) is 6.55. The molecule has 20 heavy (non-hydrogen) atoms. The third-order valence-corrected chi connectivity index (χ3v) is 4.13. The highest BCUT2D eigenvalue weighted by Crippen LogP contribution is 2.11. The van der Waals surface area contributed by atoms with Gasteiger partial charge in [-0.25, -0.2) is 14.8 Å². The van der Waals surface area contributed by atoms with Crippen LogP contribution in [0.4, 0.5) is 0 Å². The maximum atomic E-state index is 11.8. The number of carbonyl (C=O) groups excluding carboxylic acids is 1. The zero-order valence-electron chi connectivity index (χ0n) is 10.3. The second-order valence-corrected chi connectivity index (χ2v) is 5.65. The molecule has 4 N–H and O–H groups in total. The summed E-state index contributed by atoms with van der Waals surface area (Å²) in [7, 11) is 0. The lowest BCUT2D eigenvalue weighted by Gasteiger charge is -2.00. The number of nitrogens with one attached hydrogen (secondary N) is 1. The first kappa shape index (κ1) is 14.6. The van der Waals surface area contributed by atoms with Gasteiger partial charge in [-0.2, -0.15) is 0 Å². The molecule has 0 aliphatic heterocycles. The van der Waals surface area contributed by atoms with Crippen LogP contribution in [0.2, 0.25) is 0 Å². The van der Waals surface area contributed by atoms with Crippen LogP contribution in [0.1, 0.15) is 31.0 Å². The van der Waals surface area contributed by atoms with Crippen molar-refractivity contribution in [2.24, 2.45) is 5.73 Å². The Morgan fingerprint density at radius 1 is 1.20 bits per heavy atom. The first-order chi connectivity index (χ1) is 9.60. The van der Waals surface area contributed by atoms with Crippen LogP contribution in [0.15, 0.2) is 10.8 Å². The van der Waals surface area contributed by atoms with Gasteiger partial charge >= 0.3 is 5.97 Å². The van der Waals surface area contributed by atoms with Gasteiger partial charge in [0, 0.05) is 30.3 Å². The molecule has 0 saturated heterocycles. The third-order valence-electron chi connectivity index (χ3n) is 2.35. The average Bonchev–Trinajstić information content (AvgIpc) is 3.07. The summed E-state index contributed by atoms with van der Waals surface area (Å²) in [6.07, 6.45) is 0.484. The summed E-state index contributed by atoms with van der Waals surface area (Å²) in [5.41, 5.74) is 5.81. The molecule has 0 bridgehead atoms. The van der Waals surface area contributed by atoms with Crippen LogP contribution >= 0.6 is 22.7 Å². The Hall–Kier alpha value is -1.84. The van der Waals surface area contributed by atoms with E-state index in [0.29, 0.717) is 35.2 Å². The van der Waals surface area contributed by atoms with Crippen LogP contribution < -0.4 is 11.1 Å². The minimum Gasteiger partial charge on any atom is -0.476 e. The Labute approximate surface area is 122 Å². The van der Waals surface area contributed by atoms with Crippen molar-refractivity contribution in [3.8, 4) is 0 Å². The van der Waals surface area contributed by atoms with Crippen LogP contribution in [0.3, 0.4) is 0 Å². The number of aromatic carboxylic acids is 1. The number of aromatic nitrogens is 2. The lowest BCUT2D eigenvalue weighted by molar-refractivity contribution is 0.0690. The molecule has 0 aliphatic carbocycles. The highest BCUT2D eigenvalue weighted by Gasteiger charge is 2.11. The number of rotatable bonds is 6. The minimum absolute atomic E-state index is 0.0309. The van der Waals surface area contributed by atoms with E-state index in [-0.39, 0.29) is 11.6 Å². The number of nitrogens with zero attached hydrogens (tertiary/aromatic N) is 2. The lowest BCUT2D eigenvalue weighted by atomic mass is 10.4. The molecule has 0 radical (unpaired) electrons. The van der Waals surface area contributed by atoms with Gasteiger partial charge in [0.1, 0.15) is 10.7 Å². The van der Waals surface area contributed by atoms with E-state index in [2.05, 4.69) is 15.3 Å². The number of hydrogen-bond acceptors (Lipinski definition) is 7. The Morgan fingerprint density at radius 3 is 2.45 bits per heavy atom. The van der Waals surface area contributed by atoms with Crippen LogP contribution in [-0.4, -0.2) is 33.5 Å². The van der Waals surface area contributed by atoms with Gasteiger partial charge in [-0.3, -0.25) is 4.79 Å². The standard InChI is InChI=1S/C11H12N4O3S2/c12-3-9-14-6(4-20-9)10(16)13-2-1-8-15-7(5-19-8)11(17)18/h4-5H,1-3,12H2,(H,13,16)(H,17,18). The largest absolute Gasteiger partial charge is 0.476 e. The van der Waals surface area contributed by atoms with E-state index < -0.39 is 5.97 Å². The lowest BCUT2D eigenvalue weighted by Crippen LogP contribution is -2.26. The van der Waals surface area contributed by atoms with Crippen molar-refractivity contribution in [2.75, 3.05) is 6.54 Å². The van der Waals surface area contributed by atoms with Crippen LogP contribution in [0, 0.1) is 0 Å². The van der Waals surface area contributed by atoms with Crippen LogP contribution in [0.5, 0.6) is 0 Å². The highest BCUT2D eigenvalue weighted by atomic mass is 32.1. The van der Waals surface area contributed by atoms with Crippen molar-refractivity contribution >= 4 is 34.6 Å². The van der Waals surface area contributed by atoms with Crippen LogP contribution in [0.25, 0.3) is 0 Å². The van der Waals surface area contributed by atoms with E-state index in [9.17, 15) is 9.59 Å². The summed E-state index contributed by atoms with van der Waals surface area (Å²) in [4.78, 5) is 30.4. The Morgan fingerprint density at radius 2 is 1.85 bits per heavy atom. The van der Waals surface area contributed by atoms with Crippen molar-refractivity contribution < 1.29 is 14.7 Å². The second-order valence-electron chi connectivity index (χ2n) is 3.77. The smallest absolute Gasteiger partial charge is 0.355 e. The Kier molecular flexibility index (Phi) is 4.77. The fraction of sp³-hybridized carbons (Fsp3) is 0.273. The molecule has 2 aromatic rings. The SMILES string of the molecule is NCc1nc(C(=O)NCCc2nc(C(=O)O)cs2)cs1. The van der Waals surface area contributed by atoms with Gasteiger partial charge in [0.2, 0.25) is 0 Å². The predicted molar refractivity (Wildman–Crippen MR) is 75.1 cm³/mol. The molecule has 0 aromatic carbocycles. The molecule has 9 heteroatoms. The summed E-state index contributed by atoms with van der Waals surface area (Å²) in [5.74, 6) is -1.32. The van der Waals surface area contributed by atoms with Gasteiger partial charge in [-0.05, 0) is 0 Å². The zero-order chi connectivity index (χ0) is 14.5. The monoisotopic (exact) mass is 312 g/mol. The Balaban J connectivity index is 1.82. The van der Waals surface area contributed by atoms with Crippen molar-refractivity contribution in [2.45, 2.75) is 13.0 Å². The summed E-state index contributed by atoms with van der Waals surface area (Å²) >= 11 is 2.60. The number of amides is 1. The molecular weight excluding hydrogens is 300 g/mol. The summed E-state index contributed by atoms with van der Waals surface area (Å²) < 4.78 is 0. The normalized spacial score (nSPS) is 10.4. The maximum Gasteiger partial charge on any atom is 0.355 e. The quantitative estimate of drug-likeness (QED) is 0.723. The minimum atomic E-state index is -1.05. The molecule has 2 rings (SSSR count). The molecule has 0 fully saturated rings. The van der Waals surface area contributed by atoms with E-state index in [0.717, 1.165) is 0 Å². The number of carboxylic acid groups (broad SMARTS) is 1. The Bertz CT molecular complexity index is 623. The molecule has 0 saturated carbocycles. The molecule has 2 aromatic heterocycles. The first-order valence-electron chi connectivity index (χ1n) is 5.70. The molecule has 0 unspecified atom stereocenters. The molecule has 0 atom stereocenters. The van der Waals surface area contributed by atoms with E-state index in [1.165, 1.54) is 28.1 Å². The van der Waals surface area contributed by atoms with Gasteiger partial charge < -0.3 is 16.2 Å². The van der Waals surface area contributed by atoms with Gasteiger partial charge in [-0.1, -0.05) is 0 Å². The van der Waals surface area contributed by atoms with Crippen molar-refractivity contribution in [3.63, 3.8) is 0 Å². The number of hydrogen-bond donors (Lipinski definition) is 3. The third kappa shape index (κ3) is 3.59. The van der Waals surface area contributed by atoms with E-state index in [1.807, 2.05) is 0 Å². The molecule has 2 heterocycles. The van der Waals surface area contributed by atoms with Gasteiger partial charge in [0.25, 0.3) is 5.91 Å². The fourth-order valence-electron chi connectivity index (χ4n) is 1.41. The average molecular weight is 312 g/mol. The van der Waals surface area contributed by atoms with Gasteiger partial charge in [0.05, 0.1) is 5.01 Å². The van der Waals surface area contributed by atoms with Gasteiger partial charge in [-0.15, -0.1) is 22.7 Å². The summed E-state index contributed by atoms with van der Waals surface area (Å²) in [6, 6.07) is 0. The number of carbonyl (C=O) groups is 2. The molecular formula is C11H12N4O3S2. The number of nitrogens with two attached hydrogens (primary N) is 1. The van der Waals surface area contributed by atoms with Gasteiger partial charge in [0.15, 0.2) is 5.69 Å². The molecule has 7 nitrogen and oxygen atoms in total. The van der Waals surface area contributed by atoms with E-state index in [1.54, 1.807) is 5.38 Å². The van der Waals surface area contributed by atoms with Crippen molar-refractivity contribution in [1.82, 2.24) is 15.3 Å². The van der Waals surface area contributed by atoms with Crippen LogP contribution in [-0.2, 0) is 13.0 Å². The molecule has 106 valence electrons. The van der Waals surface area contributed by atoms with Crippen molar-refractivity contribution in [3.05, 3.63) is 32.2 Å². The molecule has 0 spiro atoms. The summed E-state index contributed by atoms with van der Waals surface area (Å²) in [6.45, 7) is 0.690. The van der Waals surface area contributed by atoms with E-state index >= 15 is 0 Å². The molecule has 1 amide bonds. The number of thiazole rings is 2. The fourth-order valence-corrected chi connectivity index (χ4v) is 2.83. The zero-order valence-corrected chi connectivity index (χ0v) is 12.0. The first-order valence-corrected chi connectivity index (χ1v) is 7.46. The van der Waals surface area contributed by atoms with E-state index in [4.69, 9.17) is 10.8 Å². The highest BCUT2D eigenvalue weighted by molar-refractivity contribution is 7.10. The topological polar surface area (TPSA) is 118 Å². The van der Waals surface area contributed by atoms with Crippen molar-refractivity contribution in [1.29, 1.82) is 0 Å².